The quantitative estimate of drug-likeness (QED) is 0.590. The van der Waals surface area contributed by atoms with Crippen LogP contribution in [0.5, 0.6) is 0 Å². The molecule has 9 heteroatoms. The van der Waals surface area contributed by atoms with E-state index in [2.05, 4.69) is 21.9 Å². The molecule has 4 atom stereocenters. The van der Waals surface area contributed by atoms with Crippen LogP contribution in [0.1, 0.15) is 32.6 Å². The van der Waals surface area contributed by atoms with Crippen molar-refractivity contribution in [2.75, 3.05) is 0 Å². The van der Waals surface area contributed by atoms with Gasteiger partial charge in [0.15, 0.2) is 16.6 Å². The fourth-order valence-electron chi connectivity index (χ4n) is 3.26. The number of aromatic nitrogens is 4. The Hall–Kier alpha value is -0.600. The average molecular weight is 375 g/mol. The minimum atomic E-state index is -0.581. The van der Waals surface area contributed by atoms with Gasteiger partial charge in [-0.15, -0.1) is 11.8 Å². The minimum absolute atomic E-state index is 0.0127. The highest BCUT2D eigenvalue weighted by molar-refractivity contribution is 8.00. The number of fused-ring (bicyclic) bond motifs is 2. The van der Waals surface area contributed by atoms with Crippen molar-refractivity contribution in [2.45, 2.75) is 55.8 Å². The Labute approximate surface area is 147 Å². The molecule has 4 rings (SSSR count). The number of nitrogens with zero attached hydrogens (tertiary/aromatic N) is 4. The van der Waals surface area contributed by atoms with Gasteiger partial charge < -0.3 is 9.47 Å². The molecule has 4 heterocycles. The van der Waals surface area contributed by atoms with Crippen molar-refractivity contribution < 1.29 is 9.47 Å². The van der Waals surface area contributed by atoms with Crippen LogP contribution in [0.15, 0.2) is 6.33 Å². The SMILES string of the molecule is CCC1SC(n2cnc3c(Cl)nc(Cl)nc32)C2OC(C)(C)OC12. The third-order valence-corrected chi connectivity index (χ3v) is 6.31. The number of hydrogen-bond acceptors (Lipinski definition) is 6. The van der Waals surface area contributed by atoms with Gasteiger partial charge >= 0.3 is 0 Å². The van der Waals surface area contributed by atoms with Gasteiger partial charge in [-0.05, 0) is 31.9 Å². The molecular formula is C14H16Cl2N4O2S. The van der Waals surface area contributed by atoms with Crippen molar-refractivity contribution in [3.05, 3.63) is 16.8 Å². The predicted molar refractivity (Wildman–Crippen MR) is 89.9 cm³/mol. The van der Waals surface area contributed by atoms with Gasteiger partial charge in [-0.3, -0.25) is 4.57 Å². The molecule has 0 amide bonds. The molecule has 2 aliphatic heterocycles. The Morgan fingerprint density at radius 1 is 1.26 bits per heavy atom. The molecule has 2 aromatic rings. The van der Waals surface area contributed by atoms with E-state index in [1.165, 1.54) is 0 Å². The van der Waals surface area contributed by atoms with Crippen molar-refractivity contribution in [1.82, 2.24) is 19.5 Å². The molecule has 0 aliphatic carbocycles. The second-order valence-corrected chi connectivity index (χ2v) is 8.20. The van der Waals surface area contributed by atoms with Crippen LogP contribution < -0.4 is 0 Å². The van der Waals surface area contributed by atoms with Crippen LogP contribution in [0, 0.1) is 0 Å². The lowest BCUT2D eigenvalue weighted by Crippen LogP contribution is -2.28. The number of rotatable bonds is 2. The third-order valence-electron chi connectivity index (χ3n) is 4.15. The number of ether oxygens (including phenoxy) is 2. The lowest BCUT2D eigenvalue weighted by Gasteiger charge is -2.23. The normalized spacial score (nSPS) is 32.6. The summed E-state index contributed by atoms with van der Waals surface area (Å²) in [4.78, 5) is 12.6. The van der Waals surface area contributed by atoms with Crippen LogP contribution in [-0.2, 0) is 9.47 Å². The first-order chi connectivity index (χ1) is 10.9. The van der Waals surface area contributed by atoms with Crippen LogP contribution in [0.25, 0.3) is 11.2 Å². The highest BCUT2D eigenvalue weighted by atomic mass is 35.5. The molecule has 23 heavy (non-hydrogen) atoms. The third kappa shape index (κ3) is 2.53. The van der Waals surface area contributed by atoms with Gasteiger partial charge in [-0.2, -0.15) is 4.98 Å². The highest BCUT2D eigenvalue weighted by Gasteiger charge is 2.54. The lowest BCUT2D eigenvalue weighted by molar-refractivity contribution is -0.148. The van der Waals surface area contributed by atoms with E-state index in [4.69, 9.17) is 32.7 Å². The van der Waals surface area contributed by atoms with Crippen LogP contribution >= 0.6 is 35.0 Å². The zero-order valence-corrected chi connectivity index (χ0v) is 15.2. The smallest absolute Gasteiger partial charge is 0.225 e. The summed E-state index contributed by atoms with van der Waals surface area (Å²) in [7, 11) is 0. The predicted octanol–water partition coefficient (Wildman–Crippen LogP) is 3.68. The van der Waals surface area contributed by atoms with Gasteiger partial charge in [0.1, 0.15) is 23.1 Å². The summed E-state index contributed by atoms with van der Waals surface area (Å²) in [6.07, 6.45) is 2.72. The van der Waals surface area contributed by atoms with Crippen molar-refractivity contribution in [2.24, 2.45) is 0 Å². The molecule has 0 spiro atoms. The van der Waals surface area contributed by atoms with E-state index < -0.39 is 5.79 Å². The first kappa shape index (κ1) is 15.9. The average Bonchev–Trinajstić information content (AvgIpc) is 3.09. The van der Waals surface area contributed by atoms with Gasteiger partial charge in [0, 0.05) is 5.25 Å². The Bertz CT molecular complexity index is 769. The fraction of sp³-hybridized carbons (Fsp3) is 0.643. The van der Waals surface area contributed by atoms with E-state index in [9.17, 15) is 0 Å². The summed E-state index contributed by atoms with van der Waals surface area (Å²) in [5, 5.41) is 0.741. The Balaban J connectivity index is 1.79. The van der Waals surface area contributed by atoms with E-state index in [0.717, 1.165) is 6.42 Å². The molecular weight excluding hydrogens is 359 g/mol. The molecule has 6 nitrogen and oxygen atoms in total. The fourth-order valence-corrected chi connectivity index (χ4v) is 5.24. The van der Waals surface area contributed by atoms with Crippen molar-refractivity contribution in [3.63, 3.8) is 0 Å². The summed E-state index contributed by atoms with van der Waals surface area (Å²) in [5.74, 6) is -0.581. The van der Waals surface area contributed by atoms with E-state index in [1.807, 2.05) is 30.2 Å². The first-order valence-electron chi connectivity index (χ1n) is 7.46. The molecule has 2 aliphatic rings. The summed E-state index contributed by atoms with van der Waals surface area (Å²) in [6, 6.07) is 0. The maximum Gasteiger partial charge on any atom is 0.225 e. The van der Waals surface area contributed by atoms with Crippen LogP contribution in [-0.4, -0.2) is 42.8 Å². The van der Waals surface area contributed by atoms with Gasteiger partial charge in [0.05, 0.1) is 6.33 Å². The molecule has 2 saturated heterocycles. The van der Waals surface area contributed by atoms with Crippen LogP contribution in [0.3, 0.4) is 0 Å². The van der Waals surface area contributed by atoms with Crippen molar-refractivity contribution in [3.8, 4) is 0 Å². The molecule has 0 bridgehead atoms. The zero-order valence-electron chi connectivity index (χ0n) is 12.9. The number of halogens is 2. The second-order valence-electron chi connectivity index (χ2n) is 6.15. The molecule has 2 aromatic heterocycles. The summed E-state index contributed by atoms with van der Waals surface area (Å²) in [5.41, 5.74) is 1.17. The van der Waals surface area contributed by atoms with Gasteiger partial charge in [0.2, 0.25) is 5.28 Å². The van der Waals surface area contributed by atoms with E-state index >= 15 is 0 Å². The topological polar surface area (TPSA) is 62.1 Å². The first-order valence-corrected chi connectivity index (χ1v) is 9.16. The molecule has 4 unspecified atom stereocenters. The van der Waals surface area contributed by atoms with E-state index in [0.29, 0.717) is 16.4 Å². The summed E-state index contributed by atoms with van der Waals surface area (Å²) >= 11 is 13.9. The molecule has 0 saturated carbocycles. The standard InChI is InChI=1S/C14H16Cl2N4O2S/c1-4-6-8-9(22-14(2,3)21-8)12(23-6)20-5-17-7-10(15)18-13(16)19-11(7)20/h5-6,8-9,12H,4H2,1-3H3. The van der Waals surface area contributed by atoms with E-state index in [-0.39, 0.29) is 28.0 Å². The zero-order chi connectivity index (χ0) is 16.4. The summed E-state index contributed by atoms with van der Waals surface area (Å²) in [6.45, 7) is 6.05. The molecule has 0 N–H and O–H groups in total. The highest BCUT2D eigenvalue weighted by Crippen LogP contribution is 2.52. The molecule has 0 aromatic carbocycles. The van der Waals surface area contributed by atoms with Gasteiger partial charge in [0.25, 0.3) is 0 Å². The Kier molecular flexibility index (Phi) is 3.77. The molecule has 0 radical (unpaired) electrons. The largest absolute Gasteiger partial charge is 0.343 e. The number of thioether (sulfide) groups is 1. The van der Waals surface area contributed by atoms with E-state index in [1.54, 1.807) is 6.33 Å². The summed E-state index contributed by atoms with van der Waals surface area (Å²) < 4.78 is 14.2. The maximum atomic E-state index is 6.15. The Morgan fingerprint density at radius 2 is 2.00 bits per heavy atom. The van der Waals surface area contributed by atoms with Gasteiger partial charge in [-0.1, -0.05) is 18.5 Å². The number of hydrogen-bond donors (Lipinski definition) is 0. The molecule has 124 valence electrons. The molecule has 2 fully saturated rings. The lowest BCUT2D eigenvalue weighted by atomic mass is 10.1. The second kappa shape index (κ2) is 5.46. The van der Waals surface area contributed by atoms with Crippen molar-refractivity contribution in [1.29, 1.82) is 0 Å². The Morgan fingerprint density at radius 3 is 2.74 bits per heavy atom. The van der Waals surface area contributed by atoms with Gasteiger partial charge in [-0.25, -0.2) is 9.97 Å². The monoisotopic (exact) mass is 374 g/mol. The van der Waals surface area contributed by atoms with Crippen LogP contribution in [0.4, 0.5) is 0 Å². The number of imidazole rings is 1. The van der Waals surface area contributed by atoms with Crippen molar-refractivity contribution >= 4 is 46.1 Å². The van der Waals surface area contributed by atoms with Crippen LogP contribution in [0.2, 0.25) is 10.4 Å². The minimum Gasteiger partial charge on any atom is -0.343 e. The maximum absolute atomic E-state index is 6.15.